The summed E-state index contributed by atoms with van der Waals surface area (Å²) in [6.45, 7) is 1.25. The molecule has 4 rings (SSSR count). The predicted molar refractivity (Wildman–Crippen MR) is 82.4 cm³/mol. The van der Waals surface area contributed by atoms with Gasteiger partial charge < -0.3 is 9.32 Å². The molecule has 1 N–H and O–H groups in total. The predicted octanol–water partition coefficient (Wildman–Crippen LogP) is 0.317. The van der Waals surface area contributed by atoms with Crippen LogP contribution in [0, 0.1) is 0 Å². The molecule has 0 spiro atoms. The summed E-state index contributed by atoms with van der Waals surface area (Å²) >= 11 is 0. The van der Waals surface area contributed by atoms with Crippen molar-refractivity contribution in [3.8, 4) is 0 Å². The molecule has 9 nitrogen and oxygen atoms in total. The van der Waals surface area contributed by atoms with Gasteiger partial charge in [-0.2, -0.15) is 0 Å². The van der Waals surface area contributed by atoms with Crippen LogP contribution in [0.4, 0.5) is 0 Å². The summed E-state index contributed by atoms with van der Waals surface area (Å²) in [5.74, 6) is -0.257. The summed E-state index contributed by atoms with van der Waals surface area (Å²) in [6, 6.07) is 0. The molecule has 0 bridgehead atoms. The molecule has 2 unspecified atom stereocenters. The van der Waals surface area contributed by atoms with E-state index < -0.39 is 5.76 Å². The Morgan fingerprint density at radius 3 is 3.00 bits per heavy atom. The summed E-state index contributed by atoms with van der Waals surface area (Å²) in [4.78, 5) is 26.1. The molecule has 0 saturated carbocycles. The average Bonchev–Trinajstić information content (AvgIpc) is 3.21. The second kappa shape index (κ2) is 5.88. The van der Waals surface area contributed by atoms with Gasteiger partial charge in [0.05, 0.1) is 23.2 Å². The fourth-order valence-electron chi connectivity index (χ4n) is 3.88. The van der Waals surface area contributed by atoms with E-state index in [0.717, 1.165) is 50.0 Å². The standard InChI is InChI=1S/C15H20N6O3/c1-20-12-10(5-2-6-11(12)16-19-20)14(22)21-7-3-4-9(8-21)13-17-18-15(23)24-13/h9-10H,2-8H2,1H3,(H,18,23). The van der Waals surface area contributed by atoms with Gasteiger partial charge in [-0.1, -0.05) is 5.21 Å². The van der Waals surface area contributed by atoms with Crippen LogP contribution in [0.15, 0.2) is 9.21 Å². The lowest BCUT2D eigenvalue weighted by Crippen LogP contribution is -2.42. The number of H-pyrrole nitrogens is 1. The molecular formula is C15H20N6O3. The van der Waals surface area contributed by atoms with Crippen molar-refractivity contribution < 1.29 is 9.21 Å². The number of likely N-dealkylation sites (tertiary alicyclic amines) is 1. The Balaban J connectivity index is 1.54. The molecule has 128 valence electrons. The molecule has 1 saturated heterocycles. The fourth-order valence-corrected chi connectivity index (χ4v) is 3.88. The van der Waals surface area contributed by atoms with E-state index in [1.807, 2.05) is 11.9 Å². The molecule has 1 aliphatic heterocycles. The van der Waals surface area contributed by atoms with Gasteiger partial charge in [-0.25, -0.2) is 9.89 Å². The maximum Gasteiger partial charge on any atom is 0.434 e. The molecule has 9 heteroatoms. The molecule has 0 aromatic carbocycles. The van der Waals surface area contributed by atoms with Crippen molar-refractivity contribution >= 4 is 5.91 Å². The van der Waals surface area contributed by atoms with Gasteiger partial charge >= 0.3 is 5.76 Å². The van der Waals surface area contributed by atoms with Crippen molar-refractivity contribution in [3.05, 3.63) is 27.8 Å². The van der Waals surface area contributed by atoms with E-state index in [4.69, 9.17) is 4.42 Å². The van der Waals surface area contributed by atoms with Crippen LogP contribution >= 0.6 is 0 Å². The molecule has 2 aromatic rings. The zero-order chi connectivity index (χ0) is 16.7. The third-order valence-corrected chi connectivity index (χ3v) is 5.02. The second-order valence-corrected chi connectivity index (χ2v) is 6.56. The van der Waals surface area contributed by atoms with Crippen molar-refractivity contribution in [2.24, 2.45) is 7.05 Å². The molecule has 24 heavy (non-hydrogen) atoms. The Hall–Kier alpha value is -2.45. The zero-order valence-corrected chi connectivity index (χ0v) is 13.6. The van der Waals surface area contributed by atoms with Gasteiger partial charge in [0.2, 0.25) is 11.8 Å². The van der Waals surface area contributed by atoms with Crippen molar-refractivity contribution in [2.45, 2.75) is 43.9 Å². The van der Waals surface area contributed by atoms with Crippen LogP contribution < -0.4 is 5.76 Å². The SMILES string of the molecule is Cn1nnc2c1C(C(=O)N1CCCC(c3n[nH]c(=O)o3)C1)CCC2. The number of fused-ring (bicyclic) bond motifs is 1. The summed E-state index contributed by atoms with van der Waals surface area (Å²) in [5, 5.41) is 14.5. The maximum absolute atomic E-state index is 13.1. The fraction of sp³-hybridized carbons (Fsp3) is 0.667. The highest BCUT2D eigenvalue weighted by Crippen LogP contribution is 2.33. The highest BCUT2D eigenvalue weighted by atomic mass is 16.4. The quantitative estimate of drug-likeness (QED) is 0.848. The van der Waals surface area contributed by atoms with Crippen LogP contribution in [-0.4, -0.2) is 49.1 Å². The van der Waals surface area contributed by atoms with E-state index in [1.165, 1.54) is 0 Å². The third-order valence-electron chi connectivity index (χ3n) is 5.02. The maximum atomic E-state index is 13.1. The second-order valence-electron chi connectivity index (χ2n) is 6.56. The first-order chi connectivity index (χ1) is 11.6. The van der Waals surface area contributed by atoms with E-state index in [9.17, 15) is 9.59 Å². The van der Waals surface area contributed by atoms with Crippen LogP contribution in [0.2, 0.25) is 0 Å². The number of nitrogens with zero attached hydrogens (tertiary/aromatic N) is 5. The molecule has 1 aliphatic carbocycles. The number of carbonyl (C=O) groups excluding carboxylic acids is 1. The number of hydrogen-bond donors (Lipinski definition) is 1. The van der Waals surface area contributed by atoms with E-state index in [2.05, 4.69) is 20.5 Å². The Morgan fingerprint density at radius 1 is 1.33 bits per heavy atom. The molecule has 2 aliphatic rings. The Kier molecular flexibility index (Phi) is 3.70. The molecule has 1 fully saturated rings. The lowest BCUT2D eigenvalue weighted by molar-refractivity contribution is -0.134. The van der Waals surface area contributed by atoms with Gasteiger partial charge in [0, 0.05) is 20.1 Å². The normalized spacial score (nSPS) is 24.0. The molecule has 3 heterocycles. The van der Waals surface area contributed by atoms with Crippen molar-refractivity contribution in [1.82, 2.24) is 30.1 Å². The number of aromatic amines is 1. The lowest BCUT2D eigenvalue weighted by atomic mass is 9.87. The van der Waals surface area contributed by atoms with Crippen LogP contribution in [-0.2, 0) is 18.3 Å². The first-order valence-corrected chi connectivity index (χ1v) is 8.36. The number of carbonyl (C=O) groups is 1. The summed E-state index contributed by atoms with van der Waals surface area (Å²) in [5.41, 5.74) is 1.88. The number of rotatable bonds is 2. The highest BCUT2D eigenvalue weighted by molar-refractivity contribution is 5.84. The largest absolute Gasteiger partial charge is 0.434 e. The topological polar surface area (TPSA) is 110 Å². The van der Waals surface area contributed by atoms with E-state index >= 15 is 0 Å². The molecule has 0 radical (unpaired) electrons. The minimum Gasteiger partial charge on any atom is -0.392 e. The van der Waals surface area contributed by atoms with Gasteiger partial charge in [-0.15, -0.1) is 10.2 Å². The van der Waals surface area contributed by atoms with Crippen molar-refractivity contribution in [1.29, 1.82) is 0 Å². The molecular weight excluding hydrogens is 312 g/mol. The number of piperidine rings is 1. The monoisotopic (exact) mass is 332 g/mol. The lowest BCUT2D eigenvalue weighted by Gasteiger charge is -2.34. The number of hydrogen-bond acceptors (Lipinski definition) is 6. The molecule has 2 atom stereocenters. The van der Waals surface area contributed by atoms with E-state index in [1.54, 1.807) is 4.68 Å². The van der Waals surface area contributed by atoms with E-state index in [-0.39, 0.29) is 17.7 Å². The van der Waals surface area contributed by atoms with Crippen molar-refractivity contribution in [2.75, 3.05) is 13.1 Å². The summed E-state index contributed by atoms with van der Waals surface area (Å²) in [6.07, 6.45) is 4.39. The smallest absolute Gasteiger partial charge is 0.392 e. The van der Waals surface area contributed by atoms with Gasteiger partial charge in [0.15, 0.2) is 0 Å². The zero-order valence-electron chi connectivity index (χ0n) is 13.6. The number of amides is 1. The number of aryl methyl sites for hydroxylation is 2. The first-order valence-electron chi connectivity index (χ1n) is 8.36. The number of aromatic nitrogens is 5. The minimum atomic E-state index is -0.550. The Bertz CT molecular complexity index is 806. The van der Waals surface area contributed by atoms with Crippen molar-refractivity contribution in [3.63, 3.8) is 0 Å². The van der Waals surface area contributed by atoms with Gasteiger partial charge in [0.25, 0.3) is 0 Å². The summed E-state index contributed by atoms with van der Waals surface area (Å²) < 4.78 is 6.80. The molecule has 2 aromatic heterocycles. The Morgan fingerprint density at radius 2 is 2.21 bits per heavy atom. The number of nitrogens with one attached hydrogen (secondary N) is 1. The highest BCUT2D eigenvalue weighted by Gasteiger charge is 2.36. The van der Waals surface area contributed by atoms with Gasteiger partial charge in [0.1, 0.15) is 0 Å². The van der Waals surface area contributed by atoms with Crippen LogP contribution in [0.25, 0.3) is 0 Å². The minimum absolute atomic E-state index is 0.0330. The van der Waals surface area contributed by atoms with Gasteiger partial charge in [-0.3, -0.25) is 9.48 Å². The Labute approximate surface area is 138 Å². The van der Waals surface area contributed by atoms with Crippen LogP contribution in [0.5, 0.6) is 0 Å². The summed E-state index contributed by atoms with van der Waals surface area (Å²) in [7, 11) is 1.84. The average molecular weight is 332 g/mol. The van der Waals surface area contributed by atoms with E-state index in [0.29, 0.717) is 12.4 Å². The first kappa shape index (κ1) is 15.1. The molecule has 1 amide bonds. The third kappa shape index (κ3) is 2.53. The van der Waals surface area contributed by atoms with Gasteiger partial charge in [-0.05, 0) is 32.1 Å². The van der Waals surface area contributed by atoms with Crippen LogP contribution in [0.1, 0.15) is 54.8 Å². The van der Waals surface area contributed by atoms with Crippen LogP contribution in [0.3, 0.4) is 0 Å².